The van der Waals surface area contributed by atoms with Gasteiger partial charge in [0.15, 0.2) is 0 Å². The number of hydrogen-bond acceptors (Lipinski definition) is 4. The van der Waals surface area contributed by atoms with E-state index in [1.807, 2.05) is 54.1 Å². The molecule has 1 aromatic carbocycles. The summed E-state index contributed by atoms with van der Waals surface area (Å²) in [6.07, 6.45) is 1.68. The van der Waals surface area contributed by atoms with Crippen LogP contribution in [0.25, 0.3) is 6.08 Å². The predicted molar refractivity (Wildman–Crippen MR) is 104 cm³/mol. The topological polar surface area (TPSA) is 58.2 Å². The number of benzene rings is 1. The van der Waals surface area contributed by atoms with Crippen molar-refractivity contribution in [1.82, 2.24) is 5.32 Å². The van der Waals surface area contributed by atoms with Gasteiger partial charge in [-0.1, -0.05) is 30.3 Å². The Hall–Kier alpha value is -2.70. The van der Waals surface area contributed by atoms with E-state index in [4.69, 9.17) is 0 Å². The van der Waals surface area contributed by atoms with Crippen molar-refractivity contribution in [2.24, 2.45) is 0 Å². The second-order valence-electron chi connectivity index (χ2n) is 5.27. The Bertz CT molecular complexity index is 897. The number of hydrogen-bond donors (Lipinski definition) is 2. The van der Waals surface area contributed by atoms with Crippen molar-refractivity contribution in [3.8, 4) is 0 Å². The molecule has 6 heteroatoms. The van der Waals surface area contributed by atoms with Crippen LogP contribution in [0.1, 0.15) is 20.1 Å². The lowest BCUT2D eigenvalue weighted by molar-refractivity contribution is -0.113. The molecule has 25 heavy (non-hydrogen) atoms. The van der Waals surface area contributed by atoms with Gasteiger partial charge in [0, 0.05) is 10.6 Å². The molecular weight excluding hydrogens is 352 g/mol. The summed E-state index contributed by atoms with van der Waals surface area (Å²) >= 11 is 2.83. The number of aryl methyl sites for hydroxylation is 1. The second-order valence-corrected chi connectivity index (χ2v) is 7.20. The van der Waals surface area contributed by atoms with Gasteiger partial charge in [0.1, 0.15) is 5.70 Å². The van der Waals surface area contributed by atoms with Crippen LogP contribution in [0, 0.1) is 6.92 Å². The Morgan fingerprint density at radius 1 is 0.960 bits per heavy atom. The third kappa shape index (κ3) is 4.43. The molecule has 2 heterocycles. The Morgan fingerprint density at radius 3 is 2.40 bits per heavy atom. The molecule has 2 aromatic heterocycles. The number of carbonyl (C=O) groups is 2. The zero-order chi connectivity index (χ0) is 17.6. The van der Waals surface area contributed by atoms with E-state index in [0.29, 0.717) is 4.88 Å². The van der Waals surface area contributed by atoms with E-state index in [9.17, 15) is 9.59 Å². The second kappa shape index (κ2) is 7.92. The SMILES string of the molecule is Cc1ccccc1NC(=O)/C(=C/c1cccs1)NC(=O)c1cccs1. The fourth-order valence-electron chi connectivity index (χ4n) is 2.17. The van der Waals surface area contributed by atoms with Crippen LogP contribution in [0.5, 0.6) is 0 Å². The number of amides is 2. The summed E-state index contributed by atoms with van der Waals surface area (Å²) in [5.74, 6) is -0.648. The molecule has 3 rings (SSSR count). The lowest BCUT2D eigenvalue weighted by Gasteiger charge is -2.12. The van der Waals surface area contributed by atoms with E-state index in [0.717, 1.165) is 16.1 Å². The number of para-hydroxylation sites is 1. The number of thiophene rings is 2. The molecule has 0 atom stereocenters. The summed E-state index contributed by atoms with van der Waals surface area (Å²) in [5, 5.41) is 9.33. The number of nitrogens with one attached hydrogen (secondary N) is 2. The van der Waals surface area contributed by atoms with Crippen molar-refractivity contribution in [2.75, 3.05) is 5.32 Å². The van der Waals surface area contributed by atoms with Crippen LogP contribution in [-0.2, 0) is 4.79 Å². The number of carbonyl (C=O) groups excluding carboxylic acids is 2. The van der Waals surface area contributed by atoms with Crippen molar-refractivity contribution >= 4 is 46.3 Å². The molecular formula is C19H16N2O2S2. The van der Waals surface area contributed by atoms with Crippen molar-refractivity contribution in [2.45, 2.75) is 6.92 Å². The Labute approximate surface area is 153 Å². The Morgan fingerprint density at radius 2 is 1.72 bits per heavy atom. The standard InChI is InChI=1S/C19H16N2O2S2/c1-13-6-2-3-8-15(13)20-18(22)16(12-14-7-4-10-24-14)21-19(23)17-9-5-11-25-17/h2-12H,1H3,(H,20,22)(H,21,23)/b16-12-. The third-order valence-electron chi connectivity index (χ3n) is 3.46. The normalized spacial score (nSPS) is 11.2. The quantitative estimate of drug-likeness (QED) is 0.650. The minimum absolute atomic E-state index is 0.212. The van der Waals surface area contributed by atoms with E-state index < -0.39 is 0 Å². The van der Waals surface area contributed by atoms with Crippen LogP contribution >= 0.6 is 22.7 Å². The highest BCUT2D eigenvalue weighted by molar-refractivity contribution is 7.12. The van der Waals surface area contributed by atoms with Crippen LogP contribution in [0.15, 0.2) is 65.0 Å². The smallest absolute Gasteiger partial charge is 0.272 e. The van der Waals surface area contributed by atoms with Crippen LogP contribution in [0.4, 0.5) is 5.69 Å². The minimum atomic E-state index is -0.354. The molecule has 2 amide bonds. The molecule has 4 nitrogen and oxygen atoms in total. The Balaban J connectivity index is 1.84. The van der Waals surface area contributed by atoms with E-state index >= 15 is 0 Å². The van der Waals surface area contributed by atoms with Gasteiger partial charge in [-0.15, -0.1) is 22.7 Å². The molecule has 0 fully saturated rings. The molecule has 0 bridgehead atoms. The molecule has 0 unspecified atom stereocenters. The lowest BCUT2D eigenvalue weighted by Crippen LogP contribution is -2.30. The fraction of sp³-hybridized carbons (Fsp3) is 0.0526. The van der Waals surface area contributed by atoms with Crippen molar-refractivity contribution < 1.29 is 9.59 Å². The third-order valence-corrected chi connectivity index (χ3v) is 5.15. The number of rotatable bonds is 5. The van der Waals surface area contributed by atoms with Crippen LogP contribution in [0.3, 0.4) is 0 Å². The molecule has 0 aliphatic rings. The highest BCUT2D eigenvalue weighted by Crippen LogP contribution is 2.17. The zero-order valence-electron chi connectivity index (χ0n) is 13.5. The van der Waals surface area contributed by atoms with Gasteiger partial charge in [0.05, 0.1) is 4.88 Å². The van der Waals surface area contributed by atoms with Crippen molar-refractivity contribution in [1.29, 1.82) is 0 Å². The van der Waals surface area contributed by atoms with E-state index in [1.54, 1.807) is 18.2 Å². The minimum Gasteiger partial charge on any atom is -0.320 e. The van der Waals surface area contributed by atoms with E-state index in [-0.39, 0.29) is 17.5 Å². The first kappa shape index (κ1) is 17.1. The molecule has 0 saturated carbocycles. The van der Waals surface area contributed by atoms with E-state index in [2.05, 4.69) is 10.6 Å². The van der Waals surface area contributed by atoms with Gasteiger partial charge in [0.25, 0.3) is 11.8 Å². The lowest BCUT2D eigenvalue weighted by atomic mass is 10.2. The van der Waals surface area contributed by atoms with Gasteiger partial charge in [-0.3, -0.25) is 9.59 Å². The molecule has 0 saturated heterocycles. The van der Waals surface area contributed by atoms with Gasteiger partial charge in [-0.2, -0.15) is 0 Å². The molecule has 0 aliphatic heterocycles. The molecule has 3 aromatic rings. The summed E-state index contributed by atoms with van der Waals surface area (Å²) in [7, 11) is 0. The van der Waals surface area contributed by atoms with Crippen LogP contribution in [-0.4, -0.2) is 11.8 Å². The van der Waals surface area contributed by atoms with E-state index in [1.165, 1.54) is 22.7 Å². The fourth-order valence-corrected chi connectivity index (χ4v) is 3.44. The summed E-state index contributed by atoms with van der Waals surface area (Å²) in [4.78, 5) is 26.5. The number of anilines is 1. The molecule has 2 N–H and O–H groups in total. The predicted octanol–water partition coefficient (Wildman–Crippen LogP) is 4.53. The first-order chi connectivity index (χ1) is 12.1. The van der Waals surface area contributed by atoms with Gasteiger partial charge in [0.2, 0.25) is 0 Å². The monoisotopic (exact) mass is 368 g/mol. The molecule has 126 valence electrons. The summed E-state index contributed by atoms with van der Waals surface area (Å²) < 4.78 is 0. The largest absolute Gasteiger partial charge is 0.320 e. The summed E-state index contributed by atoms with van der Waals surface area (Å²) in [6.45, 7) is 1.92. The molecule has 0 spiro atoms. The Kier molecular flexibility index (Phi) is 5.42. The van der Waals surface area contributed by atoms with Crippen molar-refractivity contribution in [3.05, 3.63) is 80.3 Å². The molecule has 0 aliphatic carbocycles. The average molecular weight is 368 g/mol. The maximum absolute atomic E-state index is 12.7. The highest BCUT2D eigenvalue weighted by Gasteiger charge is 2.16. The van der Waals surface area contributed by atoms with Crippen LogP contribution < -0.4 is 10.6 Å². The van der Waals surface area contributed by atoms with Gasteiger partial charge >= 0.3 is 0 Å². The van der Waals surface area contributed by atoms with Gasteiger partial charge in [-0.25, -0.2) is 0 Å². The maximum Gasteiger partial charge on any atom is 0.272 e. The zero-order valence-corrected chi connectivity index (χ0v) is 15.1. The van der Waals surface area contributed by atoms with Crippen molar-refractivity contribution in [3.63, 3.8) is 0 Å². The van der Waals surface area contributed by atoms with Gasteiger partial charge < -0.3 is 10.6 Å². The molecule has 0 radical (unpaired) electrons. The first-order valence-corrected chi connectivity index (χ1v) is 9.36. The first-order valence-electron chi connectivity index (χ1n) is 7.60. The van der Waals surface area contributed by atoms with Gasteiger partial charge in [-0.05, 0) is 47.5 Å². The van der Waals surface area contributed by atoms with Crippen LogP contribution in [0.2, 0.25) is 0 Å². The maximum atomic E-state index is 12.7. The highest BCUT2D eigenvalue weighted by atomic mass is 32.1. The summed E-state index contributed by atoms with van der Waals surface area (Å²) in [6, 6.07) is 14.8. The summed E-state index contributed by atoms with van der Waals surface area (Å²) in [5.41, 5.74) is 1.88. The average Bonchev–Trinajstić information content (AvgIpc) is 3.29.